The Kier molecular flexibility index (Phi) is 3.75. The van der Waals surface area contributed by atoms with Gasteiger partial charge in [0.05, 0.1) is 0 Å². The van der Waals surface area contributed by atoms with E-state index < -0.39 is 0 Å². The van der Waals surface area contributed by atoms with Crippen LogP contribution in [-0.4, -0.2) is 10.1 Å². The Hall–Kier alpha value is -2.14. The monoisotopic (exact) mass is 343 g/mol. The van der Waals surface area contributed by atoms with Crippen LogP contribution in [0.4, 0.5) is 5.69 Å². The predicted octanol–water partition coefficient (Wildman–Crippen LogP) is 3.98. The van der Waals surface area contributed by atoms with E-state index in [0.717, 1.165) is 26.9 Å². The Balaban J connectivity index is 1.86. The summed E-state index contributed by atoms with van der Waals surface area (Å²) in [5.41, 5.74) is 9.60. The molecule has 3 rings (SSSR count). The number of nitrogen functional groups attached to an aromatic ring is 1. The summed E-state index contributed by atoms with van der Waals surface area (Å²) in [6.45, 7) is 1.95. The van der Waals surface area contributed by atoms with Crippen molar-refractivity contribution >= 4 is 21.6 Å². The number of nitrogens with two attached hydrogens (primary N) is 1. The van der Waals surface area contributed by atoms with Crippen LogP contribution in [0.3, 0.4) is 0 Å². The van der Waals surface area contributed by atoms with Crippen LogP contribution >= 0.6 is 15.9 Å². The summed E-state index contributed by atoms with van der Waals surface area (Å²) >= 11 is 3.42. The molecule has 106 valence electrons. The van der Waals surface area contributed by atoms with Gasteiger partial charge in [-0.1, -0.05) is 39.3 Å². The molecule has 0 unspecified atom stereocenters. The van der Waals surface area contributed by atoms with E-state index >= 15 is 0 Å². The smallest absolute Gasteiger partial charge is 0.258 e. The molecule has 0 atom stereocenters. The van der Waals surface area contributed by atoms with Gasteiger partial charge in [-0.15, -0.1) is 0 Å². The van der Waals surface area contributed by atoms with Gasteiger partial charge < -0.3 is 10.3 Å². The average molecular weight is 344 g/mol. The quantitative estimate of drug-likeness (QED) is 0.730. The fourth-order valence-corrected chi connectivity index (χ4v) is 2.37. The Morgan fingerprint density at radius 2 is 1.90 bits per heavy atom. The zero-order chi connectivity index (χ0) is 14.8. The number of halogens is 1. The van der Waals surface area contributed by atoms with Crippen molar-refractivity contribution in [3.8, 4) is 11.5 Å². The number of aromatic nitrogens is 2. The van der Waals surface area contributed by atoms with Crippen molar-refractivity contribution < 1.29 is 4.52 Å². The third-order valence-electron chi connectivity index (χ3n) is 3.35. The molecule has 2 N–H and O–H groups in total. The predicted molar refractivity (Wildman–Crippen MR) is 85.8 cm³/mol. The van der Waals surface area contributed by atoms with Gasteiger partial charge in [0, 0.05) is 22.1 Å². The number of anilines is 1. The summed E-state index contributed by atoms with van der Waals surface area (Å²) in [5.74, 6) is 1.17. The molecule has 0 saturated heterocycles. The van der Waals surface area contributed by atoms with Crippen molar-refractivity contribution in [2.24, 2.45) is 0 Å². The topological polar surface area (TPSA) is 64.9 Å². The van der Waals surface area contributed by atoms with Gasteiger partial charge in [-0.05, 0) is 42.3 Å². The highest BCUT2D eigenvalue weighted by Crippen LogP contribution is 2.25. The molecule has 0 radical (unpaired) electrons. The highest BCUT2D eigenvalue weighted by molar-refractivity contribution is 9.10. The van der Waals surface area contributed by atoms with Gasteiger partial charge in [-0.25, -0.2) is 0 Å². The number of benzene rings is 2. The van der Waals surface area contributed by atoms with E-state index in [1.165, 1.54) is 0 Å². The summed E-state index contributed by atoms with van der Waals surface area (Å²) in [5, 5.41) is 4.04. The summed E-state index contributed by atoms with van der Waals surface area (Å²) in [6.07, 6.45) is 0.637. The third kappa shape index (κ3) is 2.97. The highest BCUT2D eigenvalue weighted by Gasteiger charge is 2.12. The molecular weight excluding hydrogens is 330 g/mol. The minimum atomic E-state index is 0.506. The van der Waals surface area contributed by atoms with Gasteiger partial charge in [0.1, 0.15) is 0 Å². The zero-order valence-electron chi connectivity index (χ0n) is 11.5. The van der Waals surface area contributed by atoms with Crippen LogP contribution in [0.2, 0.25) is 0 Å². The molecule has 0 amide bonds. The molecule has 1 heterocycles. The fraction of sp³-hybridized carbons (Fsp3) is 0.125. The maximum Gasteiger partial charge on any atom is 0.258 e. The van der Waals surface area contributed by atoms with Gasteiger partial charge in [-0.2, -0.15) is 4.98 Å². The van der Waals surface area contributed by atoms with E-state index in [2.05, 4.69) is 26.1 Å². The molecule has 0 aliphatic carbocycles. The Morgan fingerprint density at radius 3 is 2.67 bits per heavy atom. The minimum Gasteiger partial charge on any atom is -0.398 e. The molecule has 3 aromatic rings. The Morgan fingerprint density at radius 1 is 1.14 bits per heavy atom. The largest absolute Gasteiger partial charge is 0.398 e. The number of rotatable bonds is 3. The second kappa shape index (κ2) is 5.69. The Bertz CT molecular complexity index is 765. The molecule has 0 spiro atoms. The summed E-state index contributed by atoms with van der Waals surface area (Å²) in [7, 11) is 0. The van der Waals surface area contributed by atoms with E-state index in [1.54, 1.807) is 0 Å². The van der Waals surface area contributed by atoms with Crippen LogP contribution in [0.1, 0.15) is 17.0 Å². The molecular formula is C16H14BrN3O. The lowest BCUT2D eigenvalue weighted by Gasteiger charge is -2.03. The van der Waals surface area contributed by atoms with Gasteiger partial charge in [0.15, 0.2) is 5.82 Å². The van der Waals surface area contributed by atoms with Crippen LogP contribution in [0.5, 0.6) is 0 Å². The fourth-order valence-electron chi connectivity index (χ4n) is 2.11. The standard InChI is InChI=1S/C16H14BrN3O/c1-10-13(3-2-4-14(10)18)16-19-15(20-21-16)9-11-5-7-12(17)8-6-11/h2-8H,9,18H2,1H3. The second-order valence-corrected chi connectivity index (χ2v) is 5.75. The van der Waals surface area contributed by atoms with Gasteiger partial charge >= 0.3 is 0 Å². The van der Waals surface area contributed by atoms with Crippen LogP contribution < -0.4 is 5.73 Å². The van der Waals surface area contributed by atoms with E-state index in [1.807, 2.05) is 49.4 Å². The van der Waals surface area contributed by atoms with Crippen molar-refractivity contribution in [3.05, 3.63) is 63.9 Å². The lowest BCUT2D eigenvalue weighted by molar-refractivity contribution is 0.423. The van der Waals surface area contributed by atoms with Crippen LogP contribution in [-0.2, 0) is 6.42 Å². The van der Waals surface area contributed by atoms with Gasteiger partial charge in [-0.3, -0.25) is 0 Å². The van der Waals surface area contributed by atoms with Gasteiger partial charge in [0.2, 0.25) is 0 Å². The molecule has 5 heteroatoms. The lowest BCUT2D eigenvalue weighted by Crippen LogP contribution is -1.93. The molecule has 0 aliphatic heterocycles. The number of hydrogen-bond donors (Lipinski definition) is 1. The Labute approximate surface area is 131 Å². The molecule has 0 fully saturated rings. The molecule has 2 aromatic carbocycles. The maximum absolute atomic E-state index is 5.91. The minimum absolute atomic E-state index is 0.506. The first kappa shape index (κ1) is 13.8. The summed E-state index contributed by atoms with van der Waals surface area (Å²) in [6, 6.07) is 13.7. The normalized spacial score (nSPS) is 10.8. The first-order valence-corrected chi connectivity index (χ1v) is 7.35. The van der Waals surface area contributed by atoms with Crippen molar-refractivity contribution in [2.45, 2.75) is 13.3 Å². The summed E-state index contributed by atoms with van der Waals surface area (Å²) < 4.78 is 6.41. The number of hydrogen-bond acceptors (Lipinski definition) is 4. The number of nitrogens with zero attached hydrogens (tertiary/aromatic N) is 2. The van der Waals surface area contributed by atoms with Crippen LogP contribution in [0.15, 0.2) is 51.5 Å². The van der Waals surface area contributed by atoms with Crippen molar-refractivity contribution in [1.29, 1.82) is 0 Å². The van der Waals surface area contributed by atoms with Crippen LogP contribution in [0.25, 0.3) is 11.5 Å². The molecule has 4 nitrogen and oxygen atoms in total. The first-order valence-electron chi connectivity index (χ1n) is 6.56. The van der Waals surface area contributed by atoms with Crippen molar-refractivity contribution in [3.63, 3.8) is 0 Å². The molecule has 0 bridgehead atoms. The highest BCUT2D eigenvalue weighted by atomic mass is 79.9. The van der Waals surface area contributed by atoms with Crippen molar-refractivity contribution in [1.82, 2.24) is 10.1 Å². The third-order valence-corrected chi connectivity index (χ3v) is 3.88. The molecule has 21 heavy (non-hydrogen) atoms. The second-order valence-electron chi connectivity index (χ2n) is 4.84. The SMILES string of the molecule is Cc1c(N)cccc1-c1nc(Cc2ccc(Br)cc2)no1. The van der Waals surface area contributed by atoms with Crippen molar-refractivity contribution in [2.75, 3.05) is 5.73 Å². The average Bonchev–Trinajstić information content (AvgIpc) is 2.93. The van der Waals surface area contributed by atoms with E-state index in [4.69, 9.17) is 10.3 Å². The van der Waals surface area contributed by atoms with Gasteiger partial charge in [0.25, 0.3) is 5.89 Å². The summed E-state index contributed by atoms with van der Waals surface area (Å²) in [4.78, 5) is 4.46. The first-order chi connectivity index (χ1) is 10.1. The maximum atomic E-state index is 5.91. The van der Waals surface area contributed by atoms with E-state index in [0.29, 0.717) is 18.1 Å². The lowest BCUT2D eigenvalue weighted by atomic mass is 10.1. The van der Waals surface area contributed by atoms with Crippen LogP contribution in [0, 0.1) is 6.92 Å². The molecule has 0 saturated carbocycles. The van der Waals surface area contributed by atoms with E-state index in [-0.39, 0.29) is 0 Å². The molecule has 1 aromatic heterocycles. The molecule has 0 aliphatic rings. The van der Waals surface area contributed by atoms with E-state index in [9.17, 15) is 0 Å². The zero-order valence-corrected chi connectivity index (χ0v) is 13.1.